The molecule has 4 saturated heterocycles. The lowest BCUT2D eigenvalue weighted by Gasteiger charge is -2.71. The van der Waals surface area contributed by atoms with Gasteiger partial charge in [-0.3, -0.25) is 4.79 Å². The Bertz CT molecular complexity index is 2040. The van der Waals surface area contributed by atoms with Crippen LogP contribution in [0.15, 0.2) is 11.6 Å². The van der Waals surface area contributed by atoms with Gasteiger partial charge in [-0.05, 0) is 116 Å². The summed E-state index contributed by atoms with van der Waals surface area (Å²) in [7, 11) is 0. The number of hydrogen-bond acceptors (Lipinski definition) is 21. The van der Waals surface area contributed by atoms with Gasteiger partial charge in [0.25, 0.3) is 0 Å². The van der Waals surface area contributed by atoms with E-state index in [1.54, 1.807) is 0 Å². The van der Waals surface area contributed by atoms with E-state index < -0.39 is 141 Å². The number of aliphatic hydroxyl groups is 12. The molecule has 12 N–H and O–H groups in total. The highest BCUT2D eigenvalue weighted by Crippen LogP contribution is 2.76. The Balaban J connectivity index is 0.891. The summed E-state index contributed by atoms with van der Waals surface area (Å²) in [5, 5.41) is 128. The maximum absolute atomic E-state index is 15.1. The smallest absolute Gasteiger partial charge is 0.315 e. The van der Waals surface area contributed by atoms with E-state index in [2.05, 4.69) is 54.5 Å². The lowest BCUT2D eigenvalue weighted by Crippen LogP contribution is -2.66. The summed E-state index contributed by atoms with van der Waals surface area (Å²) in [5.74, 6) is -0.203. The molecule has 5 aliphatic carbocycles. The molecule has 424 valence electrons. The van der Waals surface area contributed by atoms with Crippen LogP contribution in [0.2, 0.25) is 0 Å². The number of carbonyl (C=O) groups is 1. The zero-order chi connectivity index (χ0) is 54.0. The minimum absolute atomic E-state index is 0.0778. The quantitative estimate of drug-likeness (QED) is 0.0755. The number of aliphatic hydroxyl groups excluding tert-OH is 12. The first-order valence-electron chi connectivity index (χ1n) is 27.1. The maximum atomic E-state index is 15.1. The first-order chi connectivity index (χ1) is 34.6. The van der Waals surface area contributed by atoms with Crippen molar-refractivity contribution in [3.63, 3.8) is 0 Å². The third kappa shape index (κ3) is 9.27. The lowest BCUT2D eigenvalue weighted by atomic mass is 9.33. The van der Waals surface area contributed by atoms with Gasteiger partial charge in [0, 0.05) is 0 Å². The van der Waals surface area contributed by atoms with Crippen LogP contribution >= 0.6 is 0 Å². The summed E-state index contributed by atoms with van der Waals surface area (Å²) in [6.07, 6.45) is -19.6. The van der Waals surface area contributed by atoms with Crippen LogP contribution in [0.5, 0.6) is 0 Å². The van der Waals surface area contributed by atoms with Crippen molar-refractivity contribution in [3.8, 4) is 0 Å². The van der Waals surface area contributed by atoms with E-state index in [0.29, 0.717) is 25.2 Å². The molecule has 0 unspecified atom stereocenters. The molecule has 4 saturated carbocycles. The molecule has 0 spiro atoms. The number of rotatable bonds is 10. The van der Waals surface area contributed by atoms with Crippen molar-refractivity contribution in [2.75, 3.05) is 19.8 Å². The van der Waals surface area contributed by atoms with Crippen molar-refractivity contribution in [3.05, 3.63) is 11.6 Å². The van der Waals surface area contributed by atoms with Crippen molar-refractivity contribution in [2.45, 2.75) is 242 Å². The van der Waals surface area contributed by atoms with Crippen LogP contribution in [0, 0.1) is 50.2 Å². The molecule has 74 heavy (non-hydrogen) atoms. The predicted octanol–water partition coefficient (Wildman–Crippen LogP) is -0.369. The van der Waals surface area contributed by atoms with E-state index in [4.69, 9.17) is 37.9 Å². The third-order valence-electron chi connectivity index (χ3n) is 21.0. The minimum Gasteiger partial charge on any atom is -0.432 e. The van der Waals surface area contributed by atoms with Gasteiger partial charge in [-0.15, -0.1) is 0 Å². The number of fused-ring (bicyclic) bond motifs is 7. The second-order valence-corrected chi connectivity index (χ2v) is 25.8. The first kappa shape index (κ1) is 57.1. The molecule has 9 aliphatic rings. The Kier molecular flexibility index (Phi) is 15.8. The normalized spacial score (nSPS) is 54.1. The van der Waals surface area contributed by atoms with E-state index in [1.807, 2.05) is 0 Å². The Labute approximate surface area is 433 Å². The summed E-state index contributed by atoms with van der Waals surface area (Å²) < 4.78 is 47.1. The van der Waals surface area contributed by atoms with Crippen LogP contribution < -0.4 is 0 Å². The highest BCUT2D eigenvalue weighted by atomic mass is 16.8. The summed E-state index contributed by atoms with van der Waals surface area (Å²) in [5.41, 5.74) is -0.647. The Hall–Kier alpha value is -1.55. The van der Waals surface area contributed by atoms with Gasteiger partial charge in [0.05, 0.1) is 37.4 Å². The fourth-order valence-electron chi connectivity index (χ4n) is 16.1. The van der Waals surface area contributed by atoms with Crippen molar-refractivity contribution >= 4 is 5.97 Å². The van der Waals surface area contributed by atoms with Crippen molar-refractivity contribution in [1.29, 1.82) is 0 Å². The van der Waals surface area contributed by atoms with Gasteiger partial charge in [0.2, 0.25) is 6.29 Å². The van der Waals surface area contributed by atoms with Gasteiger partial charge >= 0.3 is 5.97 Å². The SMILES string of the molecule is C[C@@H]1O[C@@H](O[C@H]2[C@H](O)[C@@H](O)[C@H](OC[C@H]3O[C@@H](OC(=O)[C@]45CCC(C)(C)C[C@H]4C4=CC[C@@H]6[C@@]7(C)CC[C@H](O[C@@H]8OC[C@H](O)[C@H](O)[C@H]8O)C(C)(C)[C@@H]7CC[C@@]6(C)[C@]4(C)CC5)[C@H](O)[C@@H](O)[C@@H]3O)O[C@@H]2CO)[C@H](O)[C@H](O)[C@H]1O. The summed E-state index contributed by atoms with van der Waals surface area (Å²) >= 11 is 0. The van der Waals surface area contributed by atoms with Crippen LogP contribution in [0.4, 0.5) is 0 Å². The molecule has 0 bridgehead atoms. The van der Waals surface area contributed by atoms with E-state index in [1.165, 1.54) is 12.5 Å². The standard InChI is InChI=1S/C53H86O21/c1-23-32(56)35(59)39(63)45(69-23)73-42-27(20-54)70-43(41(65)37(42)61)68-22-28-34(58)36(60)40(64)46(71-28)74-47(66)53-17-15-48(2,3)19-25(53)24-9-10-30-50(6)13-12-31(72-44-38(62)33(57)26(55)21-67-44)49(4,5)29(50)11-14-52(30,8)51(24,7)16-18-53/h9,23,25-46,54-65H,10-22H2,1-8H3/t23-,25-,26-,27+,28+,29-,30+,31-,32-,33-,34+,35+,36-,37+,38+,39+,40+,41+,42+,43+,44-,45-,46-,50-,51+,52+,53-/m0/s1. The van der Waals surface area contributed by atoms with Crippen molar-refractivity contribution in [2.24, 2.45) is 50.2 Å². The number of hydrogen-bond donors (Lipinski definition) is 12. The zero-order valence-corrected chi connectivity index (χ0v) is 44.1. The molecule has 0 aromatic rings. The molecule has 21 nitrogen and oxygen atoms in total. The molecule has 0 aromatic carbocycles. The van der Waals surface area contributed by atoms with E-state index >= 15 is 4.79 Å². The summed E-state index contributed by atoms with van der Waals surface area (Å²) in [4.78, 5) is 15.1. The molecule has 27 atom stereocenters. The predicted molar refractivity (Wildman–Crippen MR) is 255 cm³/mol. The minimum atomic E-state index is -1.86. The van der Waals surface area contributed by atoms with Gasteiger partial charge in [-0.25, -0.2) is 0 Å². The van der Waals surface area contributed by atoms with Crippen LogP contribution in [0.1, 0.15) is 120 Å². The summed E-state index contributed by atoms with van der Waals surface area (Å²) in [6, 6.07) is 0. The number of ether oxygens (including phenoxy) is 8. The zero-order valence-electron chi connectivity index (χ0n) is 44.1. The monoisotopic (exact) mass is 1060 g/mol. The molecule has 0 amide bonds. The van der Waals surface area contributed by atoms with Gasteiger partial charge in [-0.2, -0.15) is 0 Å². The second-order valence-electron chi connectivity index (χ2n) is 25.8. The van der Waals surface area contributed by atoms with Crippen LogP contribution in [-0.4, -0.2) is 210 Å². The molecular formula is C53H86O21. The molecular weight excluding hydrogens is 973 g/mol. The Morgan fingerprint density at radius 1 is 0.635 bits per heavy atom. The van der Waals surface area contributed by atoms with Crippen LogP contribution in [0.25, 0.3) is 0 Å². The molecule has 8 fully saturated rings. The largest absolute Gasteiger partial charge is 0.432 e. The average Bonchev–Trinajstić information content (AvgIpc) is 3.34. The van der Waals surface area contributed by atoms with Crippen LogP contribution in [-0.2, 0) is 42.7 Å². The van der Waals surface area contributed by atoms with Crippen LogP contribution in [0.3, 0.4) is 0 Å². The Morgan fingerprint density at radius 2 is 1.27 bits per heavy atom. The third-order valence-corrected chi connectivity index (χ3v) is 21.0. The van der Waals surface area contributed by atoms with Gasteiger partial charge < -0.3 is 99.2 Å². The Morgan fingerprint density at radius 3 is 1.97 bits per heavy atom. The molecule has 9 rings (SSSR count). The van der Waals surface area contributed by atoms with E-state index in [0.717, 1.165) is 44.9 Å². The molecule has 0 radical (unpaired) electrons. The van der Waals surface area contributed by atoms with Crippen molar-refractivity contribution in [1.82, 2.24) is 0 Å². The molecule has 4 heterocycles. The van der Waals surface area contributed by atoms with E-state index in [-0.39, 0.29) is 51.6 Å². The topological polar surface area (TPSA) is 334 Å². The fourth-order valence-corrected chi connectivity index (χ4v) is 16.1. The highest BCUT2D eigenvalue weighted by molar-refractivity contribution is 5.79. The second kappa shape index (κ2) is 20.5. The highest BCUT2D eigenvalue weighted by Gasteiger charge is 2.70. The lowest BCUT2D eigenvalue weighted by molar-refractivity contribution is -0.361. The molecule has 0 aromatic heterocycles. The average molecular weight is 1060 g/mol. The summed E-state index contributed by atoms with van der Waals surface area (Å²) in [6.45, 7) is 16.1. The van der Waals surface area contributed by atoms with Gasteiger partial charge in [0.1, 0.15) is 85.5 Å². The fraction of sp³-hybridized carbons (Fsp3) is 0.943. The van der Waals surface area contributed by atoms with Gasteiger partial charge in [-0.1, -0.05) is 60.1 Å². The number of esters is 1. The number of allylic oxidation sites excluding steroid dienone is 2. The first-order valence-corrected chi connectivity index (χ1v) is 27.1. The van der Waals surface area contributed by atoms with Crippen molar-refractivity contribution < 1.29 is 104 Å². The maximum Gasteiger partial charge on any atom is 0.315 e. The number of carbonyl (C=O) groups excluding carboxylic acids is 1. The molecule has 4 aliphatic heterocycles. The van der Waals surface area contributed by atoms with E-state index in [9.17, 15) is 61.3 Å². The molecule has 21 heteroatoms. The van der Waals surface area contributed by atoms with Gasteiger partial charge in [0.15, 0.2) is 18.9 Å².